The molecule has 0 saturated carbocycles. The quantitative estimate of drug-likeness (QED) is 0.352. The van der Waals surface area contributed by atoms with Gasteiger partial charge >= 0.3 is 0 Å². The minimum atomic E-state index is 0. The zero-order valence-corrected chi connectivity index (χ0v) is 56.0. The van der Waals surface area contributed by atoms with Gasteiger partial charge in [0.25, 0.3) is 0 Å². The van der Waals surface area contributed by atoms with E-state index < -0.39 is 0 Å². The van der Waals surface area contributed by atoms with E-state index in [2.05, 4.69) is 27.7 Å². The molecule has 0 bridgehead atoms. The SMILES string of the molecule is CC.CC(C)C(C)C.[CH3-].[Y].[Y].[Y].[Y].[Y].[Y].[Y].[Y].[Y].[Y].[Y].[Y].[Y].[Y]. The predicted octanol–water partition coefficient (Wildman–Crippen LogP) is 3.74. The van der Waals surface area contributed by atoms with Crippen molar-refractivity contribution >= 4 is 0 Å². The molecule has 0 aromatic rings. The van der Waals surface area contributed by atoms with Crippen LogP contribution in [0.4, 0.5) is 0 Å². The fourth-order valence-corrected chi connectivity index (χ4v) is 0. The molecule has 0 saturated heterocycles. The van der Waals surface area contributed by atoms with Gasteiger partial charge in [-0.3, -0.25) is 0 Å². The van der Waals surface area contributed by atoms with Crippen LogP contribution in [0, 0.1) is 19.3 Å². The van der Waals surface area contributed by atoms with E-state index in [1.807, 2.05) is 13.8 Å². The molecule has 102 valence electrons. The van der Waals surface area contributed by atoms with E-state index in [1.165, 1.54) is 0 Å². The van der Waals surface area contributed by atoms with Gasteiger partial charge in [0, 0.05) is 458 Å². The summed E-state index contributed by atoms with van der Waals surface area (Å²) in [5, 5.41) is 0. The van der Waals surface area contributed by atoms with Crippen LogP contribution in [0.2, 0.25) is 0 Å². The van der Waals surface area contributed by atoms with Crippen LogP contribution in [0.15, 0.2) is 0 Å². The molecule has 0 aliphatic carbocycles. The van der Waals surface area contributed by atoms with Gasteiger partial charge in [-0.05, 0) is 11.8 Å². The average molecular weight is 1380 g/mol. The van der Waals surface area contributed by atoms with Crippen molar-refractivity contribution in [3.8, 4) is 0 Å². The molecule has 0 amide bonds. The first kappa shape index (κ1) is 117. The van der Waals surface area contributed by atoms with Crippen molar-refractivity contribution < 1.29 is 458 Å². The third-order valence-corrected chi connectivity index (χ3v) is 1.33. The topological polar surface area (TPSA) is 0 Å². The Balaban J connectivity index is -0.00000000137. The summed E-state index contributed by atoms with van der Waals surface area (Å²) in [6.45, 7) is 13.0. The first-order valence-electron chi connectivity index (χ1n) is 3.64. The van der Waals surface area contributed by atoms with E-state index in [-0.39, 0.29) is 465 Å². The van der Waals surface area contributed by atoms with E-state index in [0.29, 0.717) is 0 Å². The number of rotatable bonds is 1. The van der Waals surface area contributed by atoms with E-state index in [9.17, 15) is 0 Å². The molecule has 0 aromatic heterocycles. The summed E-state index contributed by atoms with van der Waals surface area (Å²) in [6, 6.07) is 0. The second-order valence-corrected chi connectivity index (χ2v) is 2.49. The van der Waals surface area contributed by atoms with Crippen LogP contribution in [-0.2, 0) is 458 Å². The fourth-order valence-electron chi connectivity index (χ4n) is 0. The van der Waals surface area contributed by atoms with Gasteiger partial charge in [0.1, 0.15) is 0 Å². The molecule has 0 spiro atoms. The van der Waals surface area contributed by atoms with Crippen molar-refractivity contribution in [3.05, 3.63) is 7.43 Å². The Morgan fingerprint density at radius 1 is 0.304 bits per heavy atom. The summed E-state index contributed by atoms with van der Waals surface area (Å²) in [4.78, 5) is 0. The van der Waals surface area contributed by atoms with Crippen molar-refractivity contribution in [1.29, 1.82) is 0 Å². The van der Waals surface area contributed by atoms with Crippen LogP contribution >= 0.6 is 0 Å². The van der Waals surface area contributed by atoms with Crippen LogP contribution in [0.1, 0.15) is 41.5 Å². The first-order chi connectivity index (χ1) is 3.64. The fraction of sp³-hybridized carbons (Fsp3) is 0.889. The third-order valence-electron chi connectivity index (χ3n) is 1.33. The minimum Gasteiger partial charge on any atom is -0.358 e. The molecule has 0 rings (SSSR count). The second kappa shape index (κ2) is 108. The molecule has 0 aliphatic heterocycles. The summed E-state index contributed by atoms with van der Waals surface area (Å²) >= 11 is 0. The molecule has 0 unspecified atom stereocenters. The summed E-state index contributed by atoms with van der Waals surface area (Å²) in [7, 11) is 0. The molecule has 0 atom stereocenters. The molecule has 14 radical (unpaired) electrons. The molecule has 14 heteroatoms. The minimum absolute atomic E-state index is 0. The van der Waals surface area contributed by atoms with Crippen molar-refractivity contribution in [1.82, 2.24) is 0 Å². The van der Waals surface area contributed by atoms with Gasteiger partial charge in [-0.1, -0.05) is 41.5 Å². The average Bonchev–Trinajstić information content (AvgIpc) is 1.72. The van der Waals surface area contributed by atoms with E-state index >= 15 is 0 Å². The predicted molar refractivity (Wildman–Crippen MR) is 47.4 cm³/mol. The molecule has 0 nitrogen and oxygen atoms in total. The van der Waals surface area contributed by atoms with Crippen LogP contribution < -0.4 is 0 Å². The van der Waals surface area contributed by atoms with Crippen molar-refractivity contribution in [2.24, 2.45) is 11.8 Å². The van der Waals surface area contributed by atoms with Crippen LogP contribution in [0.25, 0.3) is 0 Å². The Morgan fingerprint density at radius 3 is 0.348 bits per heavy atom. The molecule has 0 fully saturated rings. The summed E-state index contributed by atoms with van der Waals surface area (Å²) < 4.78 is 0. The van der Waals surface area contributed by atoms with Gasteiger partial charge in [0.15, 0.2) is 0 Å². The zero-order chi connectivity index (χ0) is 7.15. The third kappa shape index (κ3) is 124. The molecule has 23 heavy (non-hydrogen) atoms. The van der Waals surface area contributed by atoms with Gasteiger partial charge in [-0.15, -0.1) is 0 Å². The Bertz CT molecular complexity index is 43.2. The van der Waals surface area contributed by atoms with Gasteiger partial charge in [0.05, 0.1) is 0 Å². The van der Waals surface area contributed by atoms with E-state index in [1.54, 1.807) is 0 Å². The molecular formula is C9H23Y14-. The van der Waals surface area contributed by atoms with Crippen molar-refractivity contribution in [2.75, 3.05) is 0 Å². The maximum absolute atomic E-state index is 2.24. The van der Waals surface area contributed by atoms with Crippen LogP contribution in [0.3, 0.4) is 0 Å². The van der Waals surface area contributed by atoms with Crippen molar-refractivity contribution in [3.63, 3.8) is 0 Å². The van der Waals surface area contributed by atoms with E-state index in [0.717, 1.165) is 11.8 Å². The molecular weight excluding hydrogens is 1350 g/mol. The molecule has 0 heterocycles. The Kier molecular flexibility index (Phi) is 551. The van der Waals surface area contributed by atoms with Crippen molar-refractivity contribution in [2.45, 2.75) is 41.5 Å². The Hall–Kier alpha value is 15.5. The Morgan fingerprint density at radius 2 is 0.348 bits per heavy atom. The monoisotopic (exact) mass is 1380 g/mol. The number of hydrogen-bond acceptors (Lipinski definition) is 0. The van der Waals surface area contributed by atoms with Gasteiger partial charge < -0.3 is 7.43 Å². The maximum Gasteiger partial charge on any atom is 0 e. The summed E-state index contributed by atoms with van der Waals surface area (Å²) in [5.41, 5.74) is 0. The van der Waals surface area contributed by atoms with Gasteiger partial charge in [-0.25, -0.2) is 0 Å². The normalized spacial score (nSPS) is 3.13. The van der Waals surface area contributed by atoms with Gasteiger partial charge in [0.2, 0.25) is 0 Å². The molecule has 0 aliphatic rings. The van der Waals surface area contributed by atoms with Crippen LogP contribution in [0.5, 0.6) is 0 Å². The summed E-state index contributed by atoms with van der Waals surface area (Å²) in [5.74, 6) is 1.70. The summed E-state index contributed by atoms with van der Waals surface area (Å²) in [6.07, 6.45) is 0. The first-order valence-corrected chi connectivity index (χ1v) is 3.64. The Labute approximate surface area is 501 Å². The molecule has 0 N–H and O–H groups in total. The maximum atomic E-state index is 2.24. The standard InChI is InChI=1S/C6H14.C2H6.CH3.14Y/c1-5(2)6(3)4;1-2;;;;;;;;;;;;;;;/h5-6H,1-4H3;1-2H3;1H3;;;;;;;;;;;;;;/q;;-1;;;;;;;;;;;;;;. The largest absolute Gasteiger partial charge is 0.358 e. The van der Waals surface area contributed by atoms with Gasteiger partial charge in [-0.2, -0.15) is 0 Å². The van der Waals surface area contributed by atoms with Crippen LogP contribution in [-0.4, -0.2) is 0 Å². The molecule has 0 aromatic carbocycles. The number of hydrogen-bond donors (Lipinski definition) is 0. The smallest absolute Gasteiger partial charge is 0 e. The van der Waals surface area contributed by atoms with E-state index in [4.69, 9.17) is 0 Å². The second-order valence-electron chi connectivity index (χ2n) is 2.49. The zero-order valence-electron chi connectivity index (χ0n) is 16.2.